The molecule has 0 spiro atoms. The minimum atomic E-state index is 0.310. The molecule has 1 aromatic heterocycles. The summed E-state index contributed by atoms with van der Waals surface area (Å²) in [6.07, 6.45) is 0. The molecular weight excluding hydrogens is 224 g/mol. The number of hydrogen-bond donors (Lipinski definition) is 1. The molecule has 0 saturated carbocycles. The van der Waals surface area contributed by atoms with Gasteiger partial charge in [-0.25, -0.2) is 0 Å². The quantitative estimate of drug-likeness (QED) is 0.865. The summed E-state index contributed by atoms with van der Waals surface area (Å²) >= 11 is 5.99. The molecule has 4 heteroatoms. The number of nitrogen functional groups attached to an aromatic ring is 1. The van der Waals surface area contributed by atoms with Gasteiger partial charge in [0.25, 0.3) is 0 Å². The van der Waals surface area contributed by atoms with Gasteiger partial charge in [-0.15, -0.1) is 0 Å². The van der Waals surface area contributed by atoms with Crippen LogP contribution in [-0.2, 0) is 0 Å². The third-order valence-electron chi connectivity index (χ3n) is 2.44. The largest absolute Gasteiger partial charge is 0.368 e. The van der Waals surface area contributed by atoms with Gasteiger partial charge >= 0.3 is 0 Å². The number of rotatable bonds is 2. The first kappa shape index (κ1) is 11.0. The molecule has 0 fully saturated rings. The lowest BCUT2D eigenvalue weighted by Crippen LogP contribution is -1.92. The van der Waals surface area contributed by atoms with E-state index in [-0.39, 0.29) is 0 Å². The summed E-state index contributed by atoms with van der Waals surface area (Å²) in [6.45, 7) is 4.24. The van der Waals surface area contributed by atoms with Gasteiger partial charge in [0.2, 0.25) is 5.88 Å². The monoisotopic (exact) mass is 236 g/mol. The molecular formula is C12H13ClN2O. The van der Waals surface area contributed by atoms with Gasteiger partial charge in [-0.05, 0) is 23.6 Å². The molecule has 0 unspecified atom stereocenters. The van der Waals surface area contributed by atoms with Gasteiger partial charge in [0.15, 0.2) is 0 Å². The minimum absolute atomic E-state index is 0.310. The van der Waals surface area contributed by atoms with Crippen LogP contribution in [0.4, 0.5) is 5.88 Å². The number of nitrogens with zero attached hydrogens (tertiary/aromatic N) is 1. The molecule has 0 aliphatic carbocycles. The van der Waals surface area contributed by atoms with E-state index in [0.29, 0.717) is 16.8 Å². The summed E-state index contributed by atoms with van der Waals surface area (Å²) in [5.41, 5.74) is 8.40. The fraction of sp³-hybridized carbons (Fsp3) is 0.250. The van der Waals surface area contributed by atoms with Crippen molar-refractivity contribution in [3.8, 4) is 11.3 Å². The molecule has 0 aliphatic heterocycles. The van der Waals surface area contributed by atoms with E-state index in [2.05, 4.69) is 19.0 Å². The molecule has 0 saturated heterocycles. The third-order valence-corrected chi connectivity index (χ3v) is 2.68. The van der Waals surface area contributed by atoms with Crippen molar-refractivity contribution in [2.24, 2.45) is 0 Å². The van der Waals surface area contributed by atoms with Crippen molar-refractivity contribution in [1.29, 1.82) is 0 Å². The maximum Gasteiger partial charge on any atom is 0.222 e. The van der Waals surface area contributed by atoms with Gasteiger partial charge in [-0.2, -0.15) is 0 Å². The maximum atomic E-state index is 5.99. The summed E-state index contributed by atoms with van der Waals surface area (Å²) < 4.78 is 4.88. The number of hydrogen-bond acceptors (Lipinski definition) is 3. The second kappa shape index (κ2) is 4.18. The molecule has 2 N–H and O–H groups in total. The van der Waals surface area contributed by atoms with Crippen LogP contribution in [0, 0.1) is 0 Å². The second-order valence-electron chi connectivity index (χ2n) is 4.00. The number of benzene rings is 1. The van der Waals surface area contributed by atoms with Crippen molar-refractivity contribution in [2.75, 3.05) is 5.73 Å². The maximum absolute atomic E-state index is 5.99. The normalized spacial score (nSPS) is 11.0. The standard InChI is InChI=1S/C12H13ClN2O/c1-7(2)9-4-3-8(13)5-10(9)11-6-12(14)16-15-11/h3-7H,14H2,1-2H3. The molecule has 3 nitrogen and oxygen atoms in total. The van der Waals surface area contributed by atoms with E-state index in [1.807, 2.05) is 18.2 Å². The first-order chi connectivity index (χ1) is 7.58. The molecule has 1 heterocycles. The molecule has 16 heavy (non-hydrogen) atoms. The van der Waals surface area contributed by atoms with Crippen molar-refractivity contribution < 1.29 is 4.52 Å². The zero-order valence-corrected chi connectivity index (χ0v) is 9.95. The van der Waals surface area contributed by atoms with Gasteiger partial charge in [-0.1, -0.05) is 36.7 Å². The van der Waals surface area contributed by atoms with E-state index in [4.69, 9.17) is 21.9 Å². The van der Waals surface area contributed by atoms with Crippen LogP contribution in [0.1, 0.15) is 25.3 Å². The van der Waals surface area contributed by atoms with Gasteiger partial charge in [0.05, 0.1) is 0 Å². The average molecular weight is 237 g/mol. The molecule has 1 aromatic carbocycles. The summed E-state index contributed by atoms with van der Waals surface area (Å²) in [6, 6.07) is 7.47. The summed E-state index contributed by atoms with van der Waals surface area (Å²) in [7, 11) is 0. The molecule has 0 bridgehead atoms. The van der Waals surface area contributed by atoms with Gasteiger partial charge in [0.1, 0.15) is 5.69 Å². The van der Waals surface area contributed by atoms with Crippen LogP contribution in [0.2, 0.25) is 5.02 Å². The topological polar surface area (TPSA) is 52.0 Å². The van der Waals surface area contributed by atoms with Crippen molar-refractivity contribution in [3.05, 3.63) is 34.9 Å². The number of nitrogens with two attached hydrogens (primary N) is 1. The summed E-state index contributed by atoms with van der Waals surface area (Å²) in [5, 5.41) is 4.59. The molecule has 0 radical (unpaired) electrons. The lowest BCUT2D eigenvalue weighted by molar-refractivity contribution is 0.439. The van der Waals surface area contributed by atoms with Crippen LogP contribution in [-0.4, -0.2) is 5.16 Å². The Morgan fingerprint density at radius 1 is 1.31 bits per heavy atom. The number of anilines is 1. The second-order valence-corrected chi connectivity index (χ2v) is 4.44. The predicted molar refractivity (Wildman–Crippen MR) is 65.5 cm³/mol. The Labute approximate surface area is 99.2 Å². The average Bonchev–Trinajstić information content (AvgIpc) is 2.64. The van der Waals surface area contributed by atoms with Crippen molar-refractivity contribution in [3.63, 3.8) is 0 Å². The van der Waals surface area contributed by atoms with E-state index < -0.39 is 0 Å². The van der Waals surface area contributed by atoms with Crippen LogP contribution in [0.5, 0.6) is 0 Å². The highest BCUT2D eigenvalue weighted by atomic mass is 35.5. The third kappa shape index (κ3) is 2.04. The SMILES string of the molecule is CC(C)c1ccc(Cl)cc1-c1cc(N)on1. The molecule has 0 amide bonds. The van der Waals surface area contributed by atoms with Crippen LogP contribution >= 0.6 is 11.6 Å². The Morgan fingerprint density at radius 3 is 2.62 bits per heavy atom. The molecule has 2 aromatic rings. The predicted octanol–water partition coefficient (Wildman–Crippen LogP) is 3.70. The van der Waals surface area contributed by atoms with E-state index in [1.165, 1.54) is 5.56 Å². The van der Waals surface area contributed by atoms with Crippen molar-refractivity contribution >= 4 is 17.5 Å². The highest BCUT2D eigenvalue weighted by Gasteiger charge is 2.12. The molecule has 84 valence electrons. The Kier molecular flexibility index (Phi) is 2.88. The van der Waals surface area contributed by atoms with Crippen LogP contribution < -0.4 is 5.73 Å². The van der Waals surface area contributed by atoms with E-state index in [0.717, 1.165) is 11.3 Å². The summed E-state index contributed by atoms with van der Waals surface area (Å²) in [5.74, 6) is 0.704. The fourth-order valence-corrected chi connectivity index (χ4v) is 1.84. The zero-order valence-electron chi connectivity index (χ0n) is 9.20. The van der Waals surface area contributed by atoms with E-state index in [9.17, 15) is 0 Å². The van der Waals surface area contributed by atoms with Gasteiger partial charge in [-0.3, -0.25) is 0 Å². The Morgan fingerprint density at radius 2 is 2.06 bits per heavy atom. The van der Waals surface area contributed by atoms with Crippen LogP contribution in [0.25, 0.3) is 11.3 Å². The lowest BCUT2D eigenvalue weighted by atomic mass is 9.95. The first-order valence-electron chi connectivity index (χ1n) is 5.10. The van der Waals surface area contributed by atoms with E-state index >= 15 is 0 Å². The van der Waals surface area contributed by atoms with Crippen molar-refractivity contribution in [2.45, 2.75) is 19.8 Å². The molecule has 0 aliphatic rings. The number of halogens is 1. The van der Waals surface area contributed by atoms with Gasteiger partial charge in [0, 0.05) is 16.7 Å². The Hall–Kier alpha value is -1.48. The minimum Gasteiger partial charge on any atom is -0.368 e. The molecule has 2 rings (SSSR count). The first-order valence-corrected chi connectivity index (χ1v) is 5.47. The summed E-state index contributed by atoms with van der Waals surface area (Å²) in [4.78, 5) is 0. The van der Waals surface area contributed by atoms with Gasteiger partial charge < -0.3 is 10.3 Å². The Bertz CT molecular complexity index is 505. The Balaban J connectivity index is 2.57. The lowest BCUT2D eigenvalue weighted by Gasteiger charge is -2.10. The number of aromatic nitrogens is 1. The van der Waals surface area contributed by atoms with E-state index in [1.54, 1.807) is 6.07 Å². The highest BCUT2D eigenvalue weighted by Crippen LogP contribution is 2.31. The van der Waals surface area contributed by atoms with Crippen molar-refractivity contribution in [1.82, 2.24) is 5.16 Å². The molecule has 0 atom stereocenters. The van der Waals surface area contributed by atoms with Crippen LogP contribution in [0.15, 0.2) is 28.8 Å². The van der Waals surface area contributed by atoms with Crippen LogP contribution in [0.3, 0.4) is 0 Å². The smallest absolute Gasteiger partial charge is 0.222 e. The fourth-order valence-electron chi connectivity index (χ4n) is 1.67. The highest BCUT2D eigenvalue weighted by molar-refractivity contribution is 6.30. The zero-order chi connectivity index (χ0) is 11.7.